The van der Waals surface area contributed by atoms with E-state index in [4.69, 9.17) is 23.7 Å². The zero-order valence-electron chi connectivity index (χ0n) is 19.2. The average molecular weight is 577 g/mol. The van der Waals surface area contributed by atoms with Gasteiger partial charge in [-0.25, -0.2) is 0 Å². The number of halogens is 1. The molecule has 5 atom stereocenters. The summed E-state index contributed by atoms with van der Waals surface area (Å²) in [6, 6.07) is 3.65. The number of rotatable bonds is 8. The molecule has 2 heterocycles. The molecule has 1 saturated heterocycles. The lowest BCUT2D eigenvalue weighted by Gasteiger charge is -2.44. The van der Waals surface area contributed by atoms with Crippen molar-refractivity contribution in [1.29, 1.82) is 0 Å². The van der Waals surface area contributed by atoms with Gasteiger partial charge in [-0.1, -0.05) is 28.7 Å². The third-order valence-corrected chi connectivity index (χ3v) is 5.40. The standard InChI is InChI=1S/C22H28INO9/c1-11-16(8-9-23)6-7-17(24-11)19-21(31-14(4)27)22(32-15(5)28)20(30-13(3)26)18(33-19)10-29-12(2)25/h6-7,18-22H,8-10H2,1-5H3/t18-,19-,20-,21+,22+/m1/s1. The Kier molecular flexibility index (Phi) is 10.0. The van der Waals surface area contributed by atoms with E-state index in [0.717, 1.165) is 22.1 Å². The minimum Gasteiger partial charge on any atom is -0.463 e. The maximum Gasteiger partial charge on any atom is 0.303 e. The fourth-order valence-corrected chi connectivity index (χ4v) is 4.18. The topological polar surface area (TPSA) is 127 Å². The lowest BCUT2D eigenvalue weighted by Crippen LogP contribution is -2.59. The van der Waals surface area contributed by atoms with Crippen molar-refractivity contribution >= 4 is 46.5 Å². The Bertz CT molecular complexity index is 891. The molecule has 182 valence electrons. The Balaban J connectivity index is 2.55. The molecule has 11 heteroatoms. The number of nitrogens with zero attached hydrogens (tertiary/aromatic N) is 1. The SMILES string of the molecule is CC(=O)OC[C@H]1O[C@H](c2ccc(CCI)c(C)n2)[C@H](OC(C)=O)[C@@H](OC(C)=O)[C@@H]1OC(C)=O. The monoisotopic (exact) mass is 577 g/mol. The number of aromatic nitrogens is 1. The molecule has 1 aliphatic heterocycles. The summed E-state index contributed by atoms with van der Waals surface area (Å²) in [4.78, 5) is 51.7. The van der Waals surface area contributed by atoms with E-state index in [2.05, 4.69) is 27.6 Å². The van der Waals surface area contributed by atoms with E-state index in [9.17, 15) is 19.2 Å². The van der Waals surface area contributed by atoms with Crippen molar-refractivity contribution in [2.75, 3.05) is 11.0 Å². The smallest absolute Gasteiger partial charge is 0.303 e. The van der Waals surface area contributed by atoms with Crippen LogP contribution in [0.2, 0.25) is 0 Å². The van der Waals surface area contributed by atoms with Gasteiger partial charge in [-0.2, -0.15) is 0 Å². The maximum atomic E-state index is 11.9. The molecule has 1 fully saturated rings. The molecule has 1 aliphatic rings. The van der Waals surface area contributed by atoms with Crippen LogP contribution >= 0.6 is 22.6 Å². The van der Waals surface area contributed by atoms with Gasteiger partial charge in [0.2, 0.25) is 0 Å². The lowest BCUT2D eigenvalue weighted by molar-refractivity contribution is -0.255. The van der Waals surface area contributed by atoms with Gasteiger partial charge in [-0.05, 0) is 25.0 Å². The van der Waals surface area contributed by atoms with Crippen molar-refractivity contribution in [1.82, 2.24) is 4.98 Å². The third kappa shape index (κ3) is 7.63. The number of hydrogen-bond acceptors (Lipinski definition) is 10. The summed E-state index contributed by atoms with van der Waals surface area (Å²) >= 11 is 2.28. The second kappa shape index (κ2) is 12.3. The first-order valence-electron chi connectivity index (χ1n) is 10.4. The van der Waals surface area contributed by atoms with E-state index in [0.29, 0.717) is 5.69 Å². The molecule has 0 saturated carbocycles. The molecule has 0 amide bonds. The summed E-state index contributed by atoms with van der Waals surface area (Å²) in [6.07, 6.45) is -4.71. The number of aryl methyl sites for hydroxylation is 2. The quantitative estimate of drug-likeness (QED) is 0.196. The van der Waals surface area contributed by atoms with E-state index in [1.54, 1.807) is 6.07 Å². The largest absolute Gasteiger partial charge is 0.463 e. The van der Waals surface area contributed by atoms with Crippen molar-refractivity contribution in [3.63, 3.8) is 0 Å². The minimum absolute atomic E-state index is 0.278. The molecule has 0 unspecified atom stereocenters. The van der Waals surface area contributed by atoms with E-state index < -0.39 is 54.4 Å². The highest BCUT2D eigenvalue weighted by Crippen LogP contribution is 2.37. The van der Waals surface area contributed by atoms with Crippen LogP contribution < -0.4 is 0 Å². The van der Waals surface area contributed by atoms with Crippen LogP contribution in [0.4, 0.5) is 0 Å². The van der Waals surface area contributed by atoms with Crippen molar-refractivity contribution in [2.24, 2.45) is 0 Å². The predicted octanol–water partition coefficient (Wildman–Crippen LogP) is 2.17. The van der Waals surface area contributed by atoms with Gasteiger partial charge < -0.3 is 23.7 Å². The minimum atomic E-state index is -1.22. The van der Waals surface area contributed by atoms with Crippen molar-refractivity contribution in [2.45, 2.75) is 71.6 Å². The summed E-state index contributed by atoms with van der Waals surface area (Å²) < 4.78 is 28.5. The molecule has 1 aromatic heterocycles. The van der Waals surface area contributed by atoms with Crippen LogP contribution in [0.1, 0.15) is 50.8 Å². The van der Waals surface area contributed by atoms with Gasteiger partial charge in [-0.15, -0.1) is 0 Å². The van der Waals surface area contributed by atoms with Crippen LogP contribution in [-0.2, 0) is 49.3 Å². The fourth-order valence-electron chi connectivity index (χ4n) is 3.60. The first kappa shape index (κ1) is 27.0. The van der Waals surface area contributed by atoms with Gasteiger partial charge >= 0.3 is 23.9 Å². The van der Waals surface area contributed by atoms with Gasteiger partial charge in [0.25, 0.3) is 0 Å². The van der Waals surface area contributed by atoms with Gasteiger partial charge in [0.1, 0.15) is 18.8 Å². The van der Waals surface area contributed by atoms with E-state index in [-0.39, 0.29) is 6.61 Å². The normalized spacial score (nSPS) is 24.5. The molecular weight excluding hydrogens is 549 g/mol. The summed E-state index contributed by atoms with van der Waals surface area (Å²) in [7, 11) is 0. The second-order valence-corrected chi connectivity index (χ2v) is 8.62. The highest BCUT2D eigenvalue weighted by molar-refractivity contribution is 14.1. The van der Waals surface area contributed by atoms with E-state index in [1.807, 2.05) is 13.0 Å². The fraction of sp³-hybridized carbons (Fsp3) is 0.591. The zero-order valence-corrected chi connectivity index (χ0v) is 21.3. The maximum absolute atomic E-state index is 11.9. The van der Waals surface area contributed by atoms with Gasteiger partial charge in [0.15, 0.2) is 18.3 Å². The van der Waals surface area contributed by atoms with Crippen LogP contribution in [-0.4, -0.2) is 64.3 Å². The molecule has 0 N–H and O–H groups in total. The van der Waals surface area contributed by atoms with Crippen molar-refractivity contribution < 1.29 is 42.9 Å². The van der Waals surface area contributed by atoms with Crippen molar-refractivity contribution in [3.05, 3.63) is 29.1 Å². The number of pyridine rings is 1. The highest BCUT2D eigenvalue weighted by atomic mass is 127. The molecule has 1 aromatic rings. The molecule has 33 heavy (non-hydrogen) atoms. The molecule has 0 spiro atoms. The average Bonchev–Trinajstić information content (AvgIpc) is 2.70. The molecule has 0 aliphatic carbocycles. The van der Waals surface area contributed by atoms with E-state index in [1.165, 1.54) is 27.7 Å². The third-order valence-electron chi connectivity index (χ3n) is 4.86. The number of alkyl halides is 1. The Hall–Kier alpha value is -2.28. The number of carbonyl (C=O) groups excluding carboxylic acids is 4. The molecule has 0 bridgehead atoms. The van der Waals surface area contributed by atoms with Gasteiger partial charge in [0, 0.05) is 37.8 Å². The first-order valence-corrected chi connectivity index (χ1v) is 11.9. The molecule has 0 radical (unpaired) electrons. The summed E-state index contributed by atoms with van der Waals surface area (Å²) in [5.41, 5.74) is 2.26. The molecule has 10 nitrogen and oxygen atoms in total. The Morgan fingerprint density at radius 3 is 2.00 bits per heavy atom. The Morgan fingerprint density at radius 2 is 1.48 bits per heavy atom. The molecule has 0 aromatic carbocycles. The van der Waals surface area contributed by atoms with E-state index >= 15 is 0 Å². The Labute approximate surface area is 205 Å². The van der Waals surface area contributed by atoms with Gasteiger partial charge in [-0.3, -0.25) is 24.2 Å². The summed E-state index contributed by atoms with van der Waals surface area (Å²) in [6.45, 7) is 6.37. The zero-order chi connectivity index (χ0) is 24.7. The lowest BCUT2D eigenvalue weighted by atomic mass is 9.92. The van der Waals surface area contributed by atoms with Crippen LogP contribution in [0, 0.1) is 6.92 Å². The van der Waals surface area contributed by atoms with Gasteiger partial charge in [0.05, 0.1) is 5.69 Å². The first-order chi connectivity index (χ1) is 15.5. The molecule has 2 rings (SSSR count). The molecular formula is C22H28INO9. The summed E-state index contributed by atoms with van der Waals surface area (Å²) in [5.74, 6) is -2.57. The van der Waals surface area contributed by atoms with Crippen LogP contribution in [0.5, 0.6) is 0 Å². The number of hydrogen-bond donors (Lipinski definition) is 0. The van der Waals surface area contributed by atoms with Crippen molar-refractivity contribution in [3.8, 4) is 0 Å². The summed E-state index contributed by atoms with van der Waals surface area (Å²) in [5, 5.41) is 0. The number of esters is 4. The predicted molar refractivity (Wildman–Crippen MR) is 122 cm³/mol. The second-order valence-electron chi connectivity index (χ2n) is 7.54. The number of carbonyl (C=O) groups is 4. The van der Waals surface area contributed by atoms with Crippen LogP contribution in [0.15, 0.2) is 12.1 Å². The Morgan fingerprint density at radius 1 is 0.909 bits per heavy atom. The highest BCUT2D eigenvalue weighted by Gasteiger charge is 2.53. The van der Waals surface area contributed by atoms with Crippen LogP contribution in [0.25, 0.3) is 0 Å². The van der Waals surface area contributed by atoms with Crippen LogP contribution in [0.3, 0.4) is 0 Å². The number of ether oxygens (including phenoxy) is 5.